The van der Waals surface area contributed by atoms with Crippen molar-refractivity contribution in [2.45, 2.75) is 46.8 Å². The fourth-order valence-electron chi connectivity index (χ4n) is 2.13. The zero-order valence-electron chi connectivity index (χ0n) is 12.3. The fourth-order valence-corrected chi connectivity index (χ4v) is 2.13. The van der Waals surface area contributed by atoms with Crippen molar-refractivity contribution >= 4 is 0 Å². The normalized spacial score (nSPS) is 11.2. The number of aromatic nitrogens is 2. The van der Waals surface area contributed by atoms with E-state index in [9.17, 15) is 0 Å². The second-order valence-corrected chi connectivity index (χ2v) is 5.46. The molecule has 0 aliphatic rings. The van der Waals surface area contributed by atoms with E-state index in [1.54, 1.807) is 0 Å². The van der Waals surface area contributed by atoms with Gasteiger partial charge in [-0.25, -0.2) is 0 Å². The molecule has 2 rings (SSSR count). The smallest absolute Gasteiger partial charge is 0.0659 e. The van der Waals surface area contributed by atoms with Crippen molar-refractivity contribution in [1.29, 1.82) is 0 Å². The van der Waals surface area contributed by atoms with Gasteiger partial charge in [0.1, 0.15) is 0 Å². The first-order chi connectivity index (χ1) is 9.04. The molecule has 0 saturated heterocycles. The maximum atomic E-state index is 4.59. The summed E-state index contributed by atoms with van der Waals surface area (Å²) < 4.78 is 2.03. The van der Waals surface area contributed by atoms with Gasteiger partial charge in [-0.15, -0.1) is 0 Å². The summed E-state index contributed by atoms with van der Waals surface area (Å²) in [6.45, 7) is 10.2. The Kier molecular flexibility index (Phi) is 4.38. The molecule has 0 atom stereocenters. The third-order valence-corrected chi connectivity index (χ3v) is 3.18. The van der Waals surface area contributed by atoms with E-state index in [0.717, 1.165) is 18.8 Å². The zero-order chi connectivity index (χ0) is 13.8. The van der Waals surface area contributed by atoms with Crippen LogP contribution in [0.15, 0.2) is 30.5 Å². The average molecular weight is 257 g/mol. The lowest BCUT2D eigenvalue weighted by Gasteiger charge is -2.06. The van der Waals surface area contributed by atoms with Crippen LogP contribution in [0.1, 0.15) is 36.2 Å². The molecule has 19 heavy (non-hydrogen) atoms. The molecule has 0 saturated carbocycles. The van der Waals surface area contributed by atoms with Gasteiger partial charge in [-0.05, 0) is 19.4 Å². The highest BCUT2D eigenvalue weighted by Gasteiger charge is 2.06. The molecular weight excluding hydrogens is 234 g/mol. The lowest BCUT2D eigenvalue weighted by atomic mass is 10.1. The average Bonchev–Trinajstić information content (AvgIpc) is 2.67. The minimum atomic E-state index is 0.500. The lowest BCUT2D eigenvalue weighted by Crippen LogP contribution is -2.21. The van der Waals surface area contributed by atoms with Crippen molar-refractivity contribution in [1.82, 2.24) is 15.1 Å². The molecule has 1 aromatic heterocycles. The molecule has 1 aromatic carbocycles. The van der Waals surface area contributed by atoms with Gasteiger partial charge in [0, 0.05) is 24.3 Å². The maximum Gasteiger partial charge on any atom is 0.0659 e. The molecular formula is C16H23N3. The van der Waals surface area contributed by atoms with Crippen molar-refractivity contribution in [2.24, 2.45) is 0 Å². The Hall–Kier alpha value is -1.61. The number of hydrogen-bond donors (Lipinski definition) is 1. The standard InChI is InChI=1S/C16H23N3/c1-12(2)17-9-16-11-19(18-14(16)4)10-15-7-5-6-13(3)8-15/h5-8,11-12,17H,9-10H2,1-4H3. The van der Waals surface area contributed by atoms with Crippen LogP contribution < -0.4 is 5.32 Å². The largest absolute Gasteiger partial charge is 0.310 e. The highest BCUT2D eigenvalue weighted by atomic mass is 15.3. The molecule has 0 radical (unpaired) electrons. The number of aryl methyl sites for hydroxylation is 2. The summed E-state index contributed by atoms with van der Waals surface area (Å²) in [7, 11) is 0. The number of nitrogens with zero attached hydrogens (tertiary/aromatic N) is 2. The zero-order valence-corrected chi connectivity index (χ0v) is 12.3. The summed E-state index contributed by atoms with van der Waals surface area (Å²) in [6, 6.07) is 9.08. The second-order valence-electron chi connectivity index (χ2n) is 5.46. The fraction of sp³-hybridized carbons (Fsp3) is 0.438. The van der Waals surface area contributed by atoms with Crippen LogP contribution in [-0.4, -0.2) is 15.8 Å². The van der Waals surface area contributed by atoms with Crippen LogP contribution in [0, 0.1) is 13.8 Å². The van der Waals surface area contributed by atoms with Crippen LogP contribution in [0.2, 0.25) is 0 Å². The molecule has 0 spiro atoms. The number of benzene rings is 1. The van der Waals surface area contributed by atoms with Crippen LogP contribution >= 0.6 is 0 Å². The minimum absolute atomic E-state index is 0.500. The Balaban J connectivity index is 2.07. The van der Waals surface area contributed by atoms with Gasteiger partial charge in [0.2, 0.25) is 0 Å². The van der Waals surface area contributed by atoms with E-state index < -0.39 is 0 Å². The highest BCUT2D eigenvalue weighted by molar-refractivity contribution is 5.23. The second kappa shape index (κ2) is 6.02. The van der Waals surface area contributed by atoms with Crippen LogP contribution in [0.5, 0.6) is 0 Å². The molecule has 1 N–H and O–H groups in total. The summed E-state index contributed by atoms with van der Waals surface area (Å²) >= 11 is 0. The Morgan fingerprint density at radius 3 is 2.74 bits per heavy atom. The molecule has 102 valence electrons. The summed E-state index contributed by atoms with van der Waals surface area (Å²) in [5.74, 6) is 0. The number of nitrogens with one attached hydrogen (secondary N) is 1. The first-order valence-electron chi connectivity index (χ1n) is 6.86. The topological polar surface area (TPSA) is 29.9 Å². The van der Waals surface area contributed by atoms with E-state index in [-0.39, 0.29) is 0 Å². The van der Waals surface area contributed by atoms with Gasteiger partial charge in [-0.3, -0.25) is 4.68 Å². The lowest BCUT2D eigenvalue weighted by molar-refractivity contribution is 0.587. The molecule has 0 unspecified atom stereocenters. The van der Waals surface area contributed by atoms with Gasteiger partial charge in [-0.1, -0.05) is 43.7 Å². The van der Waals surface area contributed by atoms with E-state index in [1.165, 1.54) is 16.7 Å². The first kappa shape index (κ1) is 13.8. The molecule has 2 aromatic rings. The predicted octanol–water partition coefficient (Wildman–Crippen LogP) is 3.05. The van der Waals surface area contributed by atoms with Crippen molar-refractivity contribution in [3.63, 3.8) is 0 Å². The molecule has 3 heteroatoms. The summed E-state index contributed by atoms with van der Waals surface area (Å²) in [5, 5.41) is 8.03. The van der Waals surface area contributed by atoms with Crippen molar-refractivity contribution in [2.75, 3.05) is 0 Å². The van der Waals surface area contributed by atoms with Gasteiger partial charge in [0.05, 0.1) is 12.2 Å². The Morgan fingerprint density at radius 1 is 1.26 bits per heavy atom. The maximum absolute atomic E-state index is 4.59. The van der Waals surface area contributed by atoms with Crippen LogP contribution in [0.25, 0.3) is 0 Å². The van der Waals surface area contributed by atoms with Gasteiger partial charge < -0.3 is 5.32 Å². The molecule has 0 amide bonds. The van der Waals surface area contributed by atoms with E-state index in [1.807, 2.05) is 4.68 Å². The molecule has 3 nitrogen and oxygen atoms in total. The SMILES string of the molecule is Cc1cccc(Cn2cc(CNC(C)C)c(C)n2)c1. The Bertz CT molecular complexity index is 541. The Morgan fingerprint density at radius 2 is 2.05 bits per heavy atom. The highest BCUT2D eigenvalue weighted by Crippen LogP contribution is 2.10. The summed E-state index contributed by atoms with van der Waals surface area (Å²) in [5.41, 5.74) is 4.98. The van der Waals surface area contributed by atoms with Gasteiger partial charge in [0.25, 0.3) is 0 Å². The molecule has 1 heterocycles. The molecule has 0 bridgehead atoms. The van der Waals surface area contributed by atoms with E-state index >= 15 is 0 Å². The van der Waals surface area contributed by atoms with Crippen molar-refractivity contribution in [3.05, 3.63) is 52.8 Å². The van der Waals surface area contributed by atoms with E-state index in [0.29, 0.717) is 6.04 Å². The summed E-state index contributed by atoms with van der Waals surface area (Å²) in [6.07, 6.45) is 2.15. The van der Waals surface area contributed by atoms with Crippen molar-refractivity contribution < 1.29 is 0 Å². The van der Waals surface area contributed by atoms with E-state index in [4.69, 9.17) is 0 Å². The number of hydrogen-bond acceptors (Lipinski definition) is 2. The van der Waals surface area contributed by atoms with Gasteiger partial charge in [0.15, 0.2) is 0 Å². The monoisotopic (exact) mass is 257 g/mol. The summed E-state index contributed by atoms with van der Waals surface area (Å²) in [4.78, 5) is 0. The Labute approximate surface area is 115 Å². The predicted molar refractivity (Wildman–Crippen MR) is 79.2 cm³/mol. The van der Waals surface area contributed by atoms with Gasteiger partial charge in [-0.2, -0.15) is 5.10 Å². The van der Waals surface area contributed by atoms with Crippen molar-refractivity contribution in [3.8, 4) is 0 Å². The van der Waals surface area contributed by atoms with Crippen LogP contribution in [-0.2, 0) is 13.1 Å². The van der Waals surface area contributed by atoms with Crippen LogP contribution in [0.4, 0.5) is 0 Å². The van der Waals surface area contributed by atoms with E-state index in [2.05, 4.69) is 68.6 Å². The minimum Gasteiger partial charge on any atom is -0.310 e. The molecule has 0 aliphatic heterocycles. The number of rotatable bonds is 5. The molecule has 0 fully saturated rings. The van der Waals surface area contributed by atoms with Gasteiger partial charge >= 0.3 is 0 Å². The third kappa shape index (κ3) is 3.93. The quantitative estimate of drug-likeness (QED) is 0.892. The first-order valence-corrected chi connectivity index (χ1v) is 6.86. The third-order valence-electron chi connectivity index (χ3n) is 3.18. The van der Waals surface area contributed by atoms with Crippen LogP contribution in [0.3, 0.4) is 0 Å². The molecule has 0 aliphatic carbocycles.